The number of hydrogen-bond donors (Lipinski definition) is 1. The van der Waals surface area contributed by atoms with Crippen LogP contribution in [0.3, 0.4) is 0 Å². The van der Waals surface area contributed by atoms with Gasteiger partial charge in [0.1, 0.15) is 0 Å². The van der Waals surface area contributed by atoms with Crippen LogP contribution in [0, 0.1) is 0 Å². The van der Waals surface area contributed by atoms with E-state index in [1.54, 1.807) is 0 Å². The van der Waals surface area contributed by atoms with E-state index < -0.39 is 11.7 Å². The van der Waals surface area contributed by atoms with Gasteiger partial charge >= 0.3 is 6.18 Å². The number of nitrogens with one attached hydrogen (secondary N) is 1. The summed E-state index contributed by atoms with van der Waals surface area (Å²) in [6.45, 7) is 1.81. The average Bonchev–Trinajstić information content (AvgIpc) is 2.97. The van der Waals surface area contributed by atoms with Gasteiger partial charge in [0.05, 0.1) is 5.56 Å². The number of benzene rings is 1. The summed E-state index contributed by atoms with van der Waals surface area (Å²) in [5, 5.41) is 11.2. The third-order valence-electron chi connectivity index (χ3n) is 3.59. The molecule has 0 saturated carbocycles. The summed E-state index contributed by atoms with van der Waals surface area (Å²) in [5.41, 5.74) is -0.194. The Morgan fingerprint density at radius 3 is 2.33 bits per heavy atom. The van der Waals surface area contributed by atoms with E-state index in [9.17, 15) is 13.2 Å². The Morgan fingerprint density at radius 2 is 1.71 bits per heavy atom. The molecule has 0 atom stereocenters. The van der Waals surface area contributed by atoms with Crippen molar-refractivity contribution in [2.24, 2.45) is 0 Å². The maximum absolute atomic E-state index is 12.5. The molecule has 1 saturated heterocycles. The number of aromatic nitrogens is 2. The number of hydrogen-bond acceptors (Lipinski definition) is 4. The number of piperidine rings is 1. The van der Waals surface area contributed by atoms with Crippen LogP contribution in [0.2, 0.25) is 0 Å². The Kier molecular flexibility index (Phi) is 3.67. The Balaban J connectivity index is 1.79. The summed E-state index contributed by atoms with van der Waals surface area (Å²) in [5.74, 6) is 1.05. The molecular formula is C14H14F3N3O. The zero-order valence-electron chi connectivity index (χ0n) is 11.2. The molecule has 2 aromatic rings. The molecule has 0 bridgehead atoms. The Bertz CT molecular complexity index is 601. The lowest BCUT2D eigenvalue weighted by atomic mass is 9.98. The van der Waals surface area contributed by atoms with Crippen molar-refractivity contribution in [2.75, 3.05) is 13.1 Å². The van der Waals surface area contributed by atoms with Gasteiger partial charge in [-0.15, -0.1) is 10.2 Å². The minimum Gasteiger partial charge on any atom is -0.420 e. The summed E-state index contributed by atoms with van der Waals surface area (Å²) in [6.07, 6.45) is -2.49. The third-order valence-corrected chi connectivity index (χ3v) is 3.59. The molecule has 1 aromatic carbocycles. The molecule has 4 nitrogen and oxygen atoms in total. The van der Waals surface area contributed by atoms with Crippen LogP contribution in [0.25, 0.3) is 11.5 Å². The molecule has 1 N–H and O–H groups in total. The smallest absolute Gasteiger partial charge is 0.416 e. The van der Waals surface area contributed by atoms with Crippen LogP contribution in [0.4, 0.5) is 13.2 Å². The Morgan fingerprint density at radius 1 is 1.05 bits per heavy atom. The third kappa shape index (κ3) is 3.07. The van der Waals surface area contributed by atoms with Crippen LogP contribution in [0.5, 0.6) is 0 Å². The number of halogens is 3. The second kappa shape index (κ2) is 5.48. The van der Waals surface area contributed by atoms with Crippen molar-refractivity contribution in [3.05, 3.63) is 35.7 Å². The first-order chi connectivity index (χ1) is 10.0. The first kappa shape index (κ1) is 14.1. The lowest BCUT2D eigenvalue weighted by molar-refractivity contribution is -0.137. The molecular weight excluding hydrogens is 283 g/mol. The maximum atomic E-state index is 12.5. The second-order valence-electron chi connectivity index (χ2n) is 5.04. The van der Waals surface area contributed by atoms with Gasteiger partial charge in [-0.25, -0.2) is 0 Å². The van der Waals surface area contributed by atoms with Crippen LogP contribution in [0.15, 0.2) is 28.7 Å². The number of alkyl halides is 3. The molecule has 1 fully saturated rings. The summed E-state index contributed by atoms with van der Waals surface area (Å²) in [4.78, 5) is 0. The van der Waals surface area contributed by atoms with Crippen molar-refractivity contribution in [3.63, 3.8) is 0 Å². The normalized spacial score (nSPS) is 17.1. The van der Waals surface area contributed by atoms with E-state index in [-0.39, 0.29) is 11.8 Å². The Hall–Kier alpha value is -1.89. The highest BCUT2D eigenvalue weighted by Gasteiger charge is 2.30. The van der Waals surface area contributed by atoms with Crippen molar-refractivity contribution in [3.8, 4) is 11.5 Å². The lowest BCUT2D eigenvalue weighted by Crippen LogP contribution is -2.26. The molecule has 7 heteroatoms. The first-order valence-corrected chi connectivity index (χ1v) is 6.76. The molecule has 0 aliphatic carbocycles. The van der Waals surface area contributed by atoms with Gasteiger partial charge in [-0.05, 0) is 50.2 Å². The molecule has 2 heterocycles. The molecule has 0 radical (unpaired) electrons. The van der Waals surface area contributed by atoms with Crippen LogP contribution in [0.1, 0.15) is 30.2 Å². The fraction of sp³-hybridized carbons (Fsp3) is 0.429. The second-order valence-corrected chi connectivity index (χ2v) is 5.04. The summed E-state index contributed by atoms with van der Waals surface area (Å²) < 4.78 is 43.1. The van der Waals surface area contributed by atoms with E-state index in [0.29, 0.717) is 11.5 Å². The summed E-state index contributed by atoms with van der Waals surface area (Å²) in [7, 11) is 0. The van der Waals surface area contributed by atoms with Crippen LogP contribution in [-0.2, 0) is 6.18 Å². The van der Waals surface area contributed by atoms with Crippen molar-refractivity contribution in [1.29, 1.82) is 0 Å². The fourth-order valence-electron chi connectivity index (χ4n) is 2.39. The SMILES string of the molecule is FC(F)(F)c1ccc(-c2nnc(C3CCNCC3)o2)cc1. The van der Waals surface area contributed by atoms with Gasteiger partial charge in [0.2, 0.25) is 11.8 Å². The monoisotopic (exact) mass is 297 g/mol. The molecule has 21 heavy (non-hydrogen) atoms. The van der Waals surface area contributed by atoms with E-state index in [2.05, 4.69) is 15.5 Å². The van der Waals surface area contributed by atoms with Crippen LogP contribution in [-0.4, -0.2) is 23.3 Å². The highest BCUT2D eigenvalue weighted by atomic mass is 19.4. The zero-order valence-corrected chi connectivity index (χ0v) is 11.2. The largest absolute Gasteiger partial charge is 0.420 e. The molecule has 112 valence electrons. The van der Waals surface area contributed by atoms with Crippen molar-refractivity contribution in [1.82, 2.24) is 15.5 Å². The standard InChI is InChI=1S/C14H14F3N3O/c15-14(16,17)11-3-1-9(2-4-11)12-19-20-13(21-12)10-5-7-18-8-6-10/h1-4,10,18H,5-8H2. The van der Waals surface area contributed by atoms with Crippen molar-refractivity contribution >= 4 is 0 Å². The molecule has 0 spiro atoms. The van der Waals surface area contributed by atoms with E-state index in [4.69, 9.17) is 4.42 Å². The Labute approximate surface area is 119 Å². The first-order valence-electron chi connectivity index (χ1n) is 6.76. The van der Waals surface area contributed by atoms with E-state index >= 15 is 0 Å². The van der Waals surface area contributed by atoms with E-state index in [0.717, 1.165) is 38.1 Å². The van der Waals surface area contributed by atoms with Gasteiger partial charge < -0.3 is 9.73 Å². The van der Waals surface area contributed by atoms with E-state index in [1.807, 2.05) is 0 Å². The van der Waals surface area contributed by atoms with Crippen LogP contribution < -0.4 is 5.32 Å². The average molecular weight is 297 g/mol. The highest BCUT2D eigenvalue weighted by Crippen LogP contribution is 2.31. The predicted octanol–water partition coefficient (Wildman–Crippen LogP) is 3.22. The zero-order chi connectivity index (χ0) is 14.9. The van der Waals surface area contributed by atoms with E-state index in [1.165, 1.54) is 12.1 Å². The molecule has 0 unspecified atom stereocenters. The predicted molar refractivity (Wildman–Crippen MR) is 69.6 cm³/mol. The lowest BCUT2D eigenvalue weighted by Gasteiger charge is -2.18. The summed E-state index contributed by atoms with van der Waals surface area (Å²) in [6, 6.07) is 4.73. The molecule has 1 aliphatic rings. The minimum atomic E-state index is -4.34. The van der Waals surface area contributed by atoms with Crippen molar-refractivity contribution < 1.29 is 17.6 Å². The molecule has 3 rings (SSSR count). The van der Waals surface area contributed by atoms with Gasteiger partial charge in [-0.2, -0.15) is 13.2 Å². The maximum Gasteiger partial charge on any atom is 0.416 e. The van der Waals surface area contributed by atoms with Crippen LogP contribution >= 0.6 is 0 Å². The molecule has 1 aliphatic heterocycles. The fourth-order valence-corrected chi connectivity index (χ4v) is 2.39. The highest BCUT2D eigenvalue weighted by molar-refractivity contribution is 5.53. The number of nitrogens with zero attached hydrogens (tertiary/aromatic N) is 2. The minimum absolute atomic E-state index is 0.224. The van der Waals surface area contributed by atoms with Gasteiger partial charge in [0.15, 0.2) is 0 Å². The topological polar surface area (TPSA) is 51.0 Å². The van der Waals surface area contributed by atoms with Gasteiger partial charge in [0.25, 0.3) is 0 Å². The van der Waals surface area contributed by atoms with Gasteiger partial charge in [-0.3, -0.25) is 0 Å². The molecule has 0 amide bonds. The van der Waals surface area contributed by atoms with Gasteiger partial charge in [-0.1, -0.05) is 0 Å². The van der Waals surface area contributed by atoms with Gasteiger partial charge in [0, 0.05) is 11.5 Å². The number of rotatable bonds is 2. The van der Waals surface area contributed by atoms with Crippen molar-refractivity contribution in [2.45, 2.75) is 24.9 Å². The molecule has 1 aromatic heterocycles. The summed E-state index contributed by atoms with van der Waals surface area (Å²) >= 11 is 0. The quantitative estimate of drug-likeness (QED) is 0.924.